The molecule has 1 fully saturated rings. The molecule has 1 atom stereocenters. The van der Waals surface area contributed by atoms with Crippen LogP contribution in [0.15, 0.2) is 58.3 Å². The SMILES string of the molecule is O=C(NCc1ccco1)[C@@H]1CCCN(S(=O)(=O)c2ccc(-n3cnnn3)cc2)C1. The monoisotopic (exact) mass is 416 g/mol. The van der Waals surface area contributed by atoms with Crippen LogP contribution in [0.4, 0.5) is 0 Å². The Bertz CT molecular complexity index is 1050. The van der Waals surface area contributed by atoms with Crippen molar-refractivity contribution in [1.82, 2.24) is 29.8 Å². The first-order chi connectivity index (χ1) is 14.0. The fourth-order valence-corrected chi connectivity index (χ4v) is 4.83. The van der Waals surface area contributed by atoms with Gasteiger partial charge in [0.2, 0.25) is 15.9 Å². The highest BCUT2D eigenvalue weighted by molar-refractivity contribution is 7.89. The van der Waals surface area contributed by atoms with Crippen LogP contribution in [0.3, 0.4) is 0 Å². The zero-order valence-corrected chi connectivity index (χ0v) is 16.3. The van der Waals surface area contributed by atoms with Crippen molar-refractivity contribution in [2.45, 2.75) is 24.3 Å². The minimum absolute atomic E-state index is 0.154. The quantitative estimate of drug-likeness (QED) is 0.635. The molecule has 10 nitrogen and oxygen atoms in total. The average molecular weight is 416 g/mol. The normalized spacial score (nSPS) is 17.9. The molecule has 11 heteroatoms. The first-order valence-electron chi connectivity index (χ1n) is 9.18. The van der Waals surface area contributed by atoms with Crippen LogP contribution in [0.5, 0.6) is 0 Å². The lowest BCUT2D eigenvalue weighted by Crippen LogP contribution is -2.45. The number of nitrogens with one attached hydrogen (secondary N) is 1. The fraction of sp³-hybridized carbons (Fsp3) is 0.333. The summed E-state index contributed by atoms with van der Waals surface area (Å²) < 4.78 is 34.1. The summed E-state index contributed by atoms with van der Waals surface area (Å²) in [6.07, 6.45) is 4.25. The summed E-state index contributed by atoms with van der Waals surface area (Å²) in [5, 5.41) is 13.7. The minimum Gasteiger partial charge on any atom is -0.467 e. The first kappa shape index (κ1) is 19.3. The molecule has 29 heavy (non-hydrogen) atoms. The highest BCUT2D eigenvalue weighted by Crippen LogP contribution is 2.24. The Kier molecular flexibility index (Phi) is 5.41. The molecule has 1 aliphatic heterocycles. The molecule has 1 aromatic carbocycles. The molecule has 0 spiro atoms. The van der Waals surface area contributed by atoms with Crippen molar-refractivity contribution in [3.63, 3.8) is 0 Å². The number of rotatable bonds is 6. The van der Waals surface area contributed by atoms with Gasteiger partial charge in [-0.3, -0.25) is 4.79 Å². The van der Waals surface area contributed by atoms with Crippen LogP contribution in [-0.2, 0) is 21.4 Å². The van der Waals surface area contributed by atoms with Crippen molar-refractivity contribution in [2.24, 2.45) is 5.92 Å². The standard InChI is InChI=1S/C18H20N6O4S/c25-18(19-11-16-4-2-10-28-16)14-3-1-9-23(12-14)29(26,27)17-7-5-15(6-8-17)24-13-20-21-22-24/h2,4-8,10,13-14H,1,3,9,11-12H2,(H,19,25)/t14-/m1/s1. The molecular formula is C18H20N6O4S. The van der Waals surface area contributed by atoms with Gasteiger partial charge in [-0.15, -0.1) is 5.10 Å². The van der Waals surface area contributed by atoms with Crippen LogP contribution in [0.2, 0.25) is 0 Å². The predicted molar refractivity (Wildman–Crippen MR) is 101 cm³/mol. The van der Waals surface area contributed by atoms with E-state index in [9.17, 15) is 13.2 Å². The summed E-state index contributed by atoms with van der Waals surface area (Å²) in [7, 11) is -3.70. The Morgan fingerprint density at radius 3 is 2.76 bits per heavy atom. The van der Waals surface area contributed by atoms with Crippen LogP contribution in [0.1, 0.15) is 18.6 Å². The number of carbonyl (C=O) groups is 1. The lowest BCUT2D eigenvalue weighted by atomic mass is 9.99. The number of amides is 1. The Balaban J connectivity index is 1.43. The van der Waals surface area contributed by atoms with E-state index < -0.39 is 15.9 Å². The summed E-state index contributed by atoms with van der Waals surface area (Å²) in [4.78, 5) is 12.7. The second-order valence-electron chi connectivity index (χ2n) is 6.75. The van der Waals surface area contributed by atoms with E-state index in [0.717, 1.165) is 0 Å². The van der Waals surface area contributed by atoms with Crippen LogP contribution in [0.25, 0.3) is 5.69 Å². The van der Waals surface area contributed by atoms with Crippen molar-refractivity contribution in [2.75, 3.05) is 13.1 Å². The molecule has 152 valence electrons. The van der Waals surface area contributed by atoms with Gasteiger partial charge in [-0.25, -0.2) is 13.1 Å². The number of aromatic nitrogens is 4. The molecule has 1 aliphatic rings. The van der Waals surface area contributed by atoms with Crippen molar-refractivity contribution >= 4 is 15.9 Å². The van der Waals surface area contributed by atoms with Crippen molar-refractivity contribution < 1.29 is 17.6 Å². The average Bonchev–Trinajstić information content (AvgIpc) is 3.46. The van der Waals surface area contributed by atoms with Crippen LogP contribution >= 0.6 is 0 Å². The van der Waals surface area contributed by atoms with E-state index in [1.54, 1.807) is 30.5 Å². The molecule has 1 amide bonds. The third kappa shape index (κ3) is 4.20. The summed E-state index contributed by atoms with van der Waals surface area (Å²) in [5.74, 6) is 0.0885. The van der Waals surface area contributed by atoms with Crippen molar-refractivity contribution in [1.29, 1.82) is 0 Å². The largest absolute Gasteiger partial charge is 0.467 e. The summed E-state index contributed by atoms with van der Waals surface area (Å²) in [5.41, 5.74) is 0.655. The van der Waals surface area contributed by atoms with Gasteiger partial charge in [-0.05, 0) is 59.7 Å². The number of sulfonamides is 1. The second kappa shape index (κ2) is 8.13. The van der Waals surface area contributed by atoms with E-state index in [-0.39, 0.29) is 23.9 Å². The number of piperidine rings is 1. The van der Waals surface area contributed by atoms with Gasteiger partial charge in [0.25, 0.3) is 0 Å². The van der Waals surface area contributed by atoms with Gasteiger partial charge in [0.05, 0.1) is 29.3 Å². The zero-order valence-electron chi connectivity index (χ0n) is 15.5. The van der Waals surface area contributed by atoms with Gasteiger partial charge in [-0.1, -0.05) is 0 Å². The molecule has 1 saturated heterocycles. The van der Waals surface area contributed by atoms with Crippen molar-refractivity contribution in [3.05, 3.63) is 54.7 Å². The Morgan fingerprint density at radius 1 is 1.24 bits per heavy atom. The van der Waals surface area contributed by atoms with E-state index in [1.807, 2.05) is 0 Å². The summed E-state index contributed by atoms with van der Waals surface area (Å²) in [6, 6.07) is 9.85. The van der Waals surface area contributed by atoms with Gasteiger partial charge in [0.15, 0.2) is 0 Å². The smallest absolute Gasteiger partial charge is 0.243 e. The van der Waals surface area contributed by atoms with Gasteiger partial charge in [0.1, 0.15) is 12.1 Å². The molecular weight excluding hydrogens is 396 g/mol. The second-order valence-corrected chi connectivity index (χ2v) is 8.69. The number of carbonyl (C=O) groups excluding carboxylic acids is 1. The molecule has 0 saturated carbocycles. The number of hydrogen-bond acceptors (Lipinski definition) is 7. The van der Waals surface area contributed by atoms with Crippen LogP contribution in [0, 0.1) is 5.92 Å². The molecule has 0 unspecified atom stereocenters. The minimum atomic E-state index is -3.70. The Labute approximate surface area is 167 Å². The first-order valence-corrected chi connectivity index (χ1v) is 10.6. The third-order valence-corrected chi connectivity index (χ3v) is 6.74. The molecule has 0 bridgehead atoms. The number of nitrogens with zero attached hydrogens (tertiary/aromatic N) is 5. The van der Waals surface area contributed by atoms with Crippen LogP contribution in [-0.4, -0.2) is 51.9 Å². The van der Waals surface area contributed by atoms with Gasteiger partial charge in [0, 0.05) is 13.1 Å². The molecule has 3 aromatic rings. The van der Waals surface area contributed by atoms with E-state index >= 15 is 0 Å². The lowest BCUT2D eigenvalue weighted by molar-refractivity contribution is -0.126. The molecule has 3 heterocycles. The van der Waals surface area contributed by atoms with Crippen LogP contribution < -0.4 is 5.32 Å². The number of tetrazole rings is 1. The maximum Gasteiger partial charge on any atom is 0.243 e. The predicted octanol–water partition coefficient (Wildman–Crippen LogP) is 0.972. The van der Waals surface area contributed by atoms with E-state index in [2.05, 4.69) is 20.8 Å². The number of hydrogen-bond donors (Lipinski definition) is 1. The summed E-state index contributed by atoms with van der Waals surface area (Å²) >= 11 is 0. The lowest BCUT2D eigenvalue weighted by Gasteiger charge is -2.31. The molecule has 1 N–H and O–H groups in total. The van der Waals surface area contributed by atoms with E-state index in [1.165, 1.54) is 27.4 Å². The highest BCUT2D eigenvalue weighted by atomic mass is 32.2. The van der Waals surface area contributed by atoms with E-state index in [4.69, 9.17) is 4.42 Å². The molecule has 2 aromatic heterocycles. The van der Waals surface area contributed by atoms with Gasteiger partial charge >= 0.3 is 0 Å². The number of benzene rings is 1. The zero-order chi connectivity index (χ0) is 20.3. The molecule has 0 radical (unpaired) electrons. The van der Waals surface area contributed by atoms with Gasteiger partial charge in [-0.2, -0.15) is 4.31 Å². The highest BCUT2D eigenvalue weighted by Gasteiger charge is 2.33. The Hall–Kier alpha value is -3.05. The molecule has 0 aliphatic carbocycles. The van der Waals surface area contributed by atoms with Crippen molar-refractivity contribution in [3.8, 4) is 5.69 Å². The van der Waals surface area contributed by atoms with E-state index in [0.29, 0.717) is 30.8 Å². The topological polar surface area (TPSA) is 123 Å². The maximum atomic E-state index is 13.0. The van der Waals surface area contributed by atoms with Gasteiger partial charge < -0.3 is 9.73 Å². The maximum absolute atomic E-state index is 13.0. The fourth-order valence-electron chi connectivity index (χ4n) is 3.31. The number of furan rings is 1. The summed E-state index contributed by atoms with van der Waals surface area (Å²) in [6.45, 7) is 0.827. The Morgan fingerprint density at radius 2 is 2.07 bits per heavy atom. The third-order valence-electron chi connectivity index (χ3n) is 4.86. The molecule has 4 rings (SSSR count).